The fraction of sp³-hybridized carbons (Fsp3) is 0.467. The molecule has 0 spiro atoms. The minimum absolute atomic E-state index is 0.00403. The number of carbonyl (C=O) groups excluding carboxylic acids is 2. The van der Waals surface area contributed by atoms with Crippen molar-refractivity contribution >= 4 is 17.6 Å². The molecule has 7 nitrogen and oxygen atoms in total. The second-order valence-corrected chi connectivity index (χ2v) is 5.49. The van der Waals surface area contributed by atoms with Gasteiger partial charge in [-0.15, -0.1) is 0 Å². The number of amides is 1. The summed E-state index contributed by atoms with van der Waals surface area (Å²) in [6.07, 6.45) is 0.199. The maximum atomic E-state index is 12.0. The van der Waals surface area contributed by atoms with E-state index in [1.54, 1.807) is 43.0 Å². The molecule has 0 aromatic heterocycles. The second kappa shape index (κ2) is 6.95. The number of carbonyl (C=O) groups is 2. The number of benzene rings is 1. The highest BCUT2D eigenvalue weighted by Crippen LogP contribution is 2.25. The fourth-order valence-corrected chi connectivity index (χ4v) is 2.36. The average Bonchev–Trinajstić information content (AvgIpc) is 2.85. The molecular weight excluding hydrogens is 284 g/mol. The van der Waals surface area contributed by atoms with Gasteiger partial charge in [0.25, 0.3) is 0 Å². The first-order chi connectivity index (χ1) is 10.5. The van der Waals surface area contributed by atoms with E-state index >= 15 is 0 Å². The lowest BCUT2D eigenvalue weighted by atomic mass is 10.1. The lowest BCUT2D eigenvalue weighted by Gasteiger charge is -2.17. The van der Waals surface area contributed by atoms with Gasteiger partial charge < -0.3 is 9.64 Å². The van der Waals surface area contributed by atoms with Crippen LogP contribution in [-0.2, 0) is 9.53 Å². The Bertz CT molecular complexity index is 606. The monoisotopic (exact) mass is 302 g/mol. The molecule has 1 fully saturated rings. The molecule has 1 saturated heterocycles. The third kappa shape index (κ3) is 3.77. The Balaban J connectivity index is 2.06. The highest BCUT2D eigenvalue weighted by atomic mass is 16.5. The Morgan fingerprint density at radius 2 is 2.14 bits per heavy atom. The summed E-state index contributed by atoms with van der Waals surface area (Å²) in [6, 6.07) is 6.75. The molecule has 1 unspecified atom stereocenters. The van der Waals surface area contributed by atoms with E-state index < -0.39 is 0 Å². The fourth-order valence-electron chi connectivity index (χ4n) is 2.36. The molecule has 1 aromatic rings. The Morgan fingerprint density at radius 3 is 2.73 bits per heavy atom. The van der Waals surface area contributed by atoms with Crippen molar-refractivity contribution in [1.82, 2.24) is 0 Å². The molecule has 1 amide bonds. The van der Waals surface area contributed by atoms with Gasteiger partial charge in [0.1, 0.15) is 0 Å². The predicted octanol–water partition coefficient (Wildman–Crippen LogP) is 2.92. The summed E-state index contributed by atoms with van der Waals surface area (Å²) in [4.78, 5) is 28.2. The minimum Gasteiger partial charge on any atom is -0.459 e. The first-order valence-electron chi connectivity index (χ1n) is 7.13. The van der Waals surface area contributed by atoms with Crippen molar-refractivity contribution in [1.29, 1.82) is 0 Å². The molecule has 0 aliphatic carbocycles. The topological polar surface area (TPSA) is 95.4 Å². The van der Waals surface area contributed by atoms with Gasteiger partial charge in [0, 0.05) is 30.1 Å². The molecule has 1 aliphatic rings. The number of azide groups is 1. The van der Waals surface area contributed by atoms with Crippen LogP contribution in [0.5, 0.6) is 0 Å². The van der Waals surface area contributed by atoms with E-state index in [1.807, 2.05) is 0 Å². The maximum absolute atomic E-state index is 12.0. The van der Waals surface area contributed by atoms with Gasteiger partial charge in [-0.25, -0.2) is 4.79 Å². The van der Waals surface area contributed by atoms with Crippen LogP contribution >= 0.6 is 0 Å². The van der Waals surface area contributed by atoms with Crippen LogP contribution < -0.4 is 4.90 Å². The van der Waals surface area contributed by atoms with Crippen LogP contribution in [0.3, 0.4) is 0 Å². The van der Waals surface area contributed by atoms with Gasteiger partial charge in [0.05, 0.1) is 11.7 Å². The van der Waals surface area contributed by atoms with Gasteiger partial charge in [-0.2, -0.15) is 0 Å². The van der Waals surface area contributed by atoms with Crippen molar-refractivity contribution < 1.29 is 14.3 Å². The van der Waals surface area contributed by atoms with Gasteiger partial charge in [0.15, 0.2) is 0 Å². The first kappa shape index (κ1) is 15.9. The van der Waals surface area contributed by atoms with Gasteiger partial charge in [-0.05, 0) is 49.6 Å². The molecule has 2 rings (SSSR count). The lowest BCUT2D eigenvalue weighted by molar-refractivity contribution is -0.117. The standard InChI is InChI=1S/C15H18N4O3/c1-10(2)22-15(21)12-3-5-13(6-4-12)19-9-11(7-14(19)20)8-17-18-16/h3-6,10-11H,7-9H2,1-2H3. The quantitative estimate of drug-likeness (QED) is 0.362. The highest BCUT2D eigenvalue weighted by molar-refractivity contribution is 5.96. The summed E-state index contributed by atoms with van der Waals surface area (Å²) in [6.45, 7) is 4.42. The number of hydrogen-bond acceptors (Lipinski definition) is 4. The summed E-state index contributed by atoms with van der Waals surface area (Å²) in [7, 11) is 0. The summed E-state index contributed by atoms with van der Waals surface area (Å²) in [5.41, 5.74) is 9.52. The van der Waals surface area contributed by atoms with E-state index in [9.17, 15) is 9.59 Å². The van der Waals surface area contributed by atoms with Gasteiger partial charge in [0.2, 0.25) is 5.91 Å². The first-order valence-corrected chi connectivity index (χ1v) is 7.13. The zero-order valence-electron chi connectivity index (χ0n) is 12.6. The minimum atomic E-state index is -0.379. The normalized spacial score (nSPS) is 17.5. The van der Waals surface area contributed by atoms with Crippen molar-refractivity contribution in [2.75, 3.05) is 18.0 Å². The molecule has 0 radical (unpaired) electrons. The van der Waals surface area contributed by atoms with Crippen LogP contribution in [0.15, 0.2) is 29.4 Å². The molecule has 1 heterocycles. The predicted molar refractivity (Wildman–Crippen MR) is 81.5 cm³/mol. The van der Waals surface area contributed by atoms with Crippen LogP contribution in [0.2, 0.25) is 0 Å². The van der Waals surface area contributed by atoms with Crippen molar-refractivity contribution in [3.63, 3.8) is 0 Å². The Labute approximate surface area is 128 Å². The van der Waals surface area contributed by atoms with Crippen molar-refractivity contribution in [2.45, 2.75) is 26.4 Å². The van der Waals surface area contributed by atoms with Crippen LogP contribution in [0.1, 0.15) is 30.6 Å². The summed E-state index contributed by atoms with van der Waals surface area (Å²) in [5, 5.41) is 3.52. The molecule has 0 bridgehead atoms. The Hall–Kier alpha value is -2.53. The molecule has 1 aliphatic heterocycles. The van der Waals surface area contributed by atoms with E-state index in [0.717, 1.165) is 5.69 Å². The van der Waals surface area contributed by atoms with Crippen LogP contribution in [0, 0.1) is 5.92 Å². The Morgan fingerprint density at radius 1 is 1.45 bits per heavy atom. The molecule has 7 heteroatoms. The average molecular weight is 302 g/mol. The number of rotatable bonds is 5. The molecular formula is C15H18N4O3. The van der Waals surface area contributed by atoms with Gasteiger partial charge >= 0.3 is 5.97 Å². The molecule has 1 atom stereocenters. The van der Waals surface area contributed by atoms with E-state index in [4.69, 9.17) is 10.3 Å². The molecule has 1 aromatic carbocycles. The zero-order chi connectivity index (χ0) is 16.1. The van der Waals surface area contributed by atoms with Crippen LogP contribution in [0.25, 0.3) is 10.4 Å². The number of anilines is 1. The molecule has 116 valence electrons. The summed E-state index contributed by atoms with van der Waals surface area (Å²) in [5.74, 6) is -0.347. The van der Waals surface area contributed by atoms with E-state index in [0.29, 0.717) is 25.1 Å². The molecule has 0 N–H and O–H groups in total. The third-order valence-electron chi connectivity index (χ3n) is 3.37. The number of esters is 1. The summed E-state index contributed by atoms with van der Waals surface area (Å²) >= 11 is 0. The van der Waals surface area contributed by atoms with Crippen molar-refractivity contribution in [2.24, 2.45) is 11.0 Å². The Kier molecular flexibility index (Phi) is 5.01. The van der Waals surface area contributed by atoms with Crippen LogP contribution in [-0.4, -0.2) is 31.1 Å². The zero-order valence-corrected chi connectivity index (χ0v) is 12.6. The van der Waals surface area contributed by atoms with Crippen molar-refractivity contribution in [3.8, 4) is 0 Å². The van der Waals surface area contributed by atoms with E-state index in [-0.39, 0.29) is 23.9 Å². The molecule has 0 saturated carbocycles. The van der Waals surface area contributed by atoms with Crippen LogP contribution in [0.4, 0.5) is 5.69 Å². The summed E-state index contributed by atoms with van der Waals surface area (Å²) < 4.78 is 5.12. The number of nitrogens with zero attached hydrogens (tertiary/aromatic N) is 4. The van der Waals surface area contributed by atoms with E-state index in [2.05, 4.69) is 10.0 Å². The molecule has 22 heavy (non-hydrogen) atoms. The van der Waals surface area contributed by atoms with Gasteiger partial charge in [-0.1, -0.05) is 5.11 Å². The smallest absolute Gasteiger partial charge is 0.338 e. The maximum Gasteiger partial charge on any atom is 0.338 e. The SMILES string of the molecule is CC(C)OC(=O)c1ccc(N2CC(CN=[N+]=[N-])CC2=O)cc1. The van der Waals surface area contributed by atoms with Gasteiger partial charge in [-0.3, -0.25) is 4.79 Å². The highest BCUT2D eigenvalue weighted by Gasteiger charge is 2.30. The number of ether oxygens (including phenoxy) is 1. The third-order valence-corrected chi connectivity index (χ3v) is 3.37. The van der Waals surface area contributed by atoms with Crippen molar-refractivity contribution in [3.05, 3.63) is 40.3 Å². The largest absolute Gasteiger partial charge is 0.459 e. The number of hydrogen-bond donors (Lipinski definition) is 0. The lowest BCUT2D eigenvalue weighted by Crippen LogP contribution is -2.24. The second-order valence-electron chi connectivity index (χ2n) is 5.49. The van der Waals surface area contributed by atoms with E-state index in [1.165, 1.54) is 0 Å².